The summed E-state index contributed by atoms with van der Waals surface area (Å²) in [6, 6.07) is 8.36. The topological polar surface area (TPSA) is 110 Å². The number of carbonyl (C=O) groups excluding carboxylic acids is 2. The number of hydrogen-bond acceptors (Lipinski definition) is 4. The number of anilines is 1. The molecule has 1 aliphatic rings. The Morgan fingerprint density at radius 2 is 1.62 bits per heavy atom. The van der Waals surface area contributed by atoms with E-state index in [1.54, 1.807) is 0 Å². The van der Waals surface area contributed by atoms with Crippen molar-refractivity contribution in [1.82, 2.24) is 4.31 Å². The number of nitrogens with one attached hydrogen (secondary N) is 1. The van der Waals surface area contributed by atoms with Crippen molar-refractivity contribution in [2.75, 3.05) is 18.4 Å². The Labute approximate surface area is 178 Å². The number of piperidine rings is 1. The van der Waals surface area contributed by atoms with Gasteiger partial charge >= 0.3 is 0 Å². The second-order valence-corrected chi connectivity index (χ2v) is 9.34. The summed E-state index contributed by atoms with van der Waals surface area (Å²) in [5, 5.41) is 2.82. The van der Waals surface area contributed by atoms with Crippen molar-refractivity contribution in [2.45, 2.75) is 24.2 Å². The first-order valence-electron chi connectivity index (χ1n) is 8.90. The van der Waals surface area contributed by atoms with Crippen molar-refractivity contribution < 1.29 is 18.0 Å². The number of sulfonamides is 1. The minimum atomic E-state index is -3.80. The molecule has 0 bridgehead atoms. The van der Waals surface area contributed by atoms with Gasteiger partial charge in [0, 0.05) is 24.3 Å². The molecule has 3 rings (SSSR count). The van der Waals surface area contributed by atoms with Crippen LogP contribution in [0.3, 0.4) is 0 Å². The van der Waals surface area contributed by atoms with Gasteiger partial charge in [-0.1, -0.05) is 29.6 Å². The summed E-state index contributed by atoms with van der Waals surface area (Å²) >= 11 is 12.0. The monoisotopic (exact) mass is 455 g/mol. The fourth-order valence-electron chi connectivity index (χ4n) is 3.08. The first kappa shape index (κ1) is 21.6. The summed E-state index contributed by atoms with van der Waals surface area (Å²) in [7, 11) is -3.80. The molecule has 0 spiro atoms. The Bertz CT molecular complexity index is 1070. The molecule has 29 heavy (non-hydrogen) atoms. The van der Waals surface area contributed by atoms with Crippen LogP contribution in [-0.2, 0) is 10.0 Å². The number of amides is 2. The van der Waals surface area contributed by atoms with Gasteiger partial charge in [-0.25, -0.2) is 8.42 Å². The Balaban J connectivity index is 1.88. The lowest BCUT2D eigenvalue weighted by molar-refractivity contribution is 0.0996. The van der Waals surface area contributed by atoms with Gasteiger partial charge in [-0.2, -0.15) is 4.31 Å². The molecule has 0 unspecified atom stereocenters. The van der Waals surface area contributed by atoms with Crippen LogP contribution in [0.5, 0.6) is 0 Å². The SMILES string of the molecule is NC(=O)c1cc(NC(=O)c2ccc(Cl)c(S(=O)(=O)N3CCCCC3)c2)ccc1Cl. The Morgan fingerprint density at radius 3 is 2.28 bits per heavy atom. The number of rotatable bonds is 5. The van der Waals surface area contributed by atoms with E-state index in [1.165, 1.54) is 40.7 Å². The van der Waals surface area contributed by atoms with Gasteiger partial charge in [0.15, 0.2) is 0 Å². The van der Waals surface area contributed by atoms with E-state index in [1.807, 2.05) is 0 Å². The first-order chi connectivity index (χ1) is 13.7. The summed E-state index contributed by atoms with van der Waals surface area (Å²) in [5.41, 5.74) is 5.73. The maximum Gasteiger partial charge on any atom is 0.255 e. The molecule has 154 valence electrons. The quantitative estimate of drug-likeness (QED) is 0.718. The van der Waals surface area contributed by atoms with E-state index in [0.29, 0.717) is 18.8 Å². The van der Waals surface area contributed by atoms with E-state index in [2.05, 4.69) is 5.32 Å². The molecule has 7 nitrogen and oxygen atoms in total. The third-order valence-corrected chi connectivity index (χ3v) is 7.33. The zero-order valence-corrected chi connectivity index (χ0v) is 17.6. The second-order valence-electron chi connectivity index (χ2n) is 6.62. The molecule has 0 atom stereocenters. The third kappa shape index (κ3) is 4.72. The molecule has 0 aromatic heterocycles. The summed E-state index contributed by atoms with van der Waals surface area (Å²) in [4.78, 5) is 23.9. The van der Waals surface area contributed by atoms with Crippen molar-refractivity contribution >= 4 is 50.7 Å². The van der Waals surface area contributed by atoms with Gasteiger partial charge in [0.05, 0.1) is 15.6 Å². The Kier molecular flexibility index (Phi) is 6.48. The number of hydrogen-bond donors (Lipinski definition) is 2. The van der Waals surface area contributed by atoms with Crippen molar-refractivity contribution in [3.05, 3.63) is 57.6 Å². The van der Waals surface area contributed by atoms with Gasteiger partial charge in [-0.15, -0.1) is 0 Å². The van der Waals surface area contributed by atoms with Gasteiger partial charge in [-0.05, 0) is 49.2 Å². The number of nitrogens with two attached hydrogens (primary N) is 1. The van der Waals surface area contributed by atoms with Crippen LogP contribution in [0.25, 0.3) is 0 Å². The fourth-order valence-corrected chi connectivity index (χ4v) is 5.31. The minimum Gasteiger partial charge on any atom is -0.366 e. The van der Waals surface area contributed by atoms with Gasteiger partial charge < -0.3 is 11.1 Å². The van der Waals surface area contributed by atoms with E-state index < -0.39 is 21.8 Å². The van der Waals surface area contributed by atoms with Gasteiger partial charge in [0.25, 0.3) is 5.91 Å². The van der Waals surface area contributed by atoms with E-state index in [4.69, 9.17) is 28.9 Å². The molecular weight excluding hydrogens is 437 g/mol. The minimum absolute atomic E-state index is 0.0506. The predicted octanol–water partition coefficient (Wildman–Crippen LogP) is 3.52. The molecule has 1 aliphatic heterocycles. The van der Waals surface area contributed by atoms with Crippen molar-refractivity contribution in [2.24, 2.45) is 5.73 Å². The highest BCUT2D eigenvalue weighted by atomic mass is 35.5. The summed E-state index contributed by atoms with van der Waals surface area (Å²) < 4.78 is 27.3. The highest BCUT2D eigenvalue weighted by Crippen LogP contribution is 2.28. The maximum atomic E-state index is 12.9. The smallest absolute Gasteiger partial charge is 0.255 e. The molecule has 0 saturated carbocycles. The van der Waals surface area contributed by atoms with Crippen LogP contribution in [0.2, 0.25) is 10.0 Å². The predicted molar refractivity (Wildman–Crippen MR) is 112 cm³/mol. The molecule has 0 radical (unpaired) electrons. The molecule has 0 aliphatic carbocycles. The first-order valence-corrected chi connectivity index (χ1v) is 11.1. The fraction of sp³-hybridized carbons (Fsp3) is 0.263. The lowest BCUT2D eigenvalue weighted by atomic mass is 10.1. The average molecular weight is 456 g/mol. The average Bonchev–Trinajstić information content (AvgIpc) is 2.70. The molecule has 3 N–H and O–H groups in total. The molecule has 10 heteroatoms. The van der Waals surface area contributed by atoms with Crippen LogP contribution < -0.4 is 11.1 Å². The summed E-state index contributed by atoms with van der Waals surface area (Å²) in [6.45, 7) is 0.853. The van der Waals surface area contributed by atoms with Crippen molar-refractivity contribution in [3.63, 3.8) is 0 Å². The van der Waals surface area contributed by atoms with Crippen LogP contribution in [0.1, 0.15) is 40.0 Å². The molecule has 1 fully saturated rings. The zero-order valence-electron chi connectivity index (χ0n) is 15.3. The molecule has 2 aromatic carbocycles. The van der Waals surface area contributed by atoms with Gasteiger partial charge in [-0.3, -0.25) is 9.59 Å². The maximum absolute atomic E-state index is 12.9. The van der Waals surface area contributed by atoms with Crippen LogP contribution >= 0.6 is 23.2 Å². The summed E-state index contributed by atoms with van der Waals surface area (Å²) in [6.07, 6.45) is 2.56. The Hall–Kier alpha value is -2.13. The van der Waals surface area contributed by atoms with E-state index in [0.717, 1.165) is 19.3 Å². The highest BCUT2D eigenvalue weighted by Gasteiger charge is 2.28. The standard InChI is InChI=1S/C19H19Cl2N3O4S/c20-15-7-5-13(11-14(15)18(22)25)23-19(26)12-4-6-16(21)17(10-12)29(27,28)24-8-2-1-3-9-24/h4-7,10-11H,1-3,8-9H2,(H2,22,25)(H,23,26). The van der Waals surface area contributed by atoms with Gasteiger partial charge in [0.2, 0.25) is 15.9 Å². The van der Waals surface area contributed by atoms with Crippen LogP contribution in [0, 0.1) is 0 Å². The molecule has 1 heterocycles. The van der Waals surface area contributed by atoms with E-state index in [-0.39, 0.29) is 26.1 Å². The molecule has 1 saturated heterocycles. The Morgan fingerprint density at radius 1 is 0.966 bits per heavy atom. The molecular formula is C19H19Cl2N3O4S. The number of nitrogens with zero attached hydrogens (tertiary/aromatic N) is 1. The number of benzene rings is 2. The van der Waals surface area contributed by atoms with Crippen molar-refractivity contribution in [3.8, 4) is 0 Å². The molecule has 2 amide bonds. The summed E-state index contributed by atoms with van der Waals surface area (Å²) in [5.74, 6) is -1.29. The van der Waals surface area contributed by atoms with Crippen LogP contribution in [0.4, 0.5) is 5.69 Å². The second kappa shape index (κ2) is 8.71. The third-order valence-electron chi connectivity index (χ3n) is 4.62. The highest BCUT2D eigenvalue weighted by molar-refractivity contribution is 7.89. The lowest BCUT2D eigenvalue weighted by Gasteiger charge is -2.26. The number of halogens is 2. The largest absolute Gasteiger partial charge is 0.366 e. The van der Waals surface area contributed by atoms with E-state index >= 15 is 0 Å². The molecule has 2 aromatic rings. The lowest BCUT2D eigenvalue weighted by Crippen LogP contribution is -2.35. The van der Waals surface area contributed by atoms with Crippen LogP contribution in [-0.4, -0.2) is 37.6 Å². The normalized spacial score (nSPS) is 15.1. The van der Waals surface area contributed by atoms with Crippen LogP contribution in [0.15, 0.2) is 41.3 Å². The van der Waals surface area contributed by atoms with Gasteiger partial charge in [0.1, 0.15) is 4.90 Å². The van der Waals surface area contributed by atoms with Crippen molar-refractivity contribution in [1.29, 1.82) is 0 Å². The van der Waals surface area contributed by atoms with E-state index in [9.17, 15) is 18.0 Å². The number of primary amides is 1. The number of carbonyl (C=O) groups is 2. The zero-order chi connectivity index (χ0) is 21.2.